The molecule has 0 atom stereocenters. The molecule has 0 unspecified atom stereocenters. The van der Waals surface area contributed by atoms with E-state index in [1.54, 1.807) is 0 Å². The van der Waals surface area contributed by atoms with Crippen LogP contribution >= 0.6 is 0 Å². The smallest absolute Gasteiger partial charge is 0.251 e. The van der Waals surface area contributed by atoms with Crippen LogP contribution in [0.1, 0.15) is 42.6 Å². The maximum absolute atomic E-state index is 13.7. The molecule has 0 spiro atoms. The van der Waals surface area contributed by atoms with Crippen LogP contribution in [0.2, 0.25) is 0 Å². The number of nitrogens with two attached hydrogens (primary N) is 1. The van der Waals surface area contributed by atoms with E-state index in [0.717, 1.165) is 12.5 Å². The molecule has 0 aliphatic heterocycles. The van der Waals surface area contributed by atoms with Gasteiger partial charge in [0.2, 0.25) is 5.91 Å². The van der Waals surface area contributed by atoms with Crippen LogP contribution in [0.15, 0.2) is 12.1 Å². The van der Waals surface area contributed by atoms with Gasteiger partial charge < -0.3 is 11.1 Å². The van der Waals surface area contributed by atoms with E-state index in [4.69, 9.17) is 5.73 Å². The fourth-order valence-electron chi connectivity index (χ4n) is 1.62. The van der Waals surface area contributed by atoms with E-state index in [1.807, 2.05) is 13.8 Å². The molecule has 0 heterocycles. The van der Waals surface area contributed by atoms with Crippen molar-refractivity contribution in [2.45, 2.75) is 33.2 Å². The molecule has 20 heavy (non-hydrogen) atoms. The number of rotatable bonds is 6. The van der Waals surface area contributed by atoms with Crippen molar-refractivity contribution in [3.63, 3.8) is 0 Å². The summed E-state index contributed by atoms with van der Waals surface area (Å²) in [6.45, 7) is 3.86. The first-order valence-corrected chi connectivity index (χ1v) is 6.36. The standard InChI is InChI=1S/C14H18F2N2O2/c1-8(2)3-6-11(19)18-7-9-4-5-10(14(17)20)13(16)12(9)15/h4-5,8H,3,6-7H2,1-2H3,(H2,17,20)(H,18,19). The van der Waals surface area contributed by atoms with Gasteiger partial charge in [-0.3, -0.25) is 9.59 Å². The van der Waals surface area contributed by atoms with Crippen LogP contribution in [0.3, 0.4) is 0 Å². The largest absolute Gasteiger partial charge is 0.366 e. The Bertz CT molecular complexity index is 516. The SMILES string of the molecule is CC(C)CCC(=O)NCc1ccc(C(N)=O)c(F)c1F. The molecule has 0 aliphatic carbocycles. The maximum Gasteiger partial charge on any atom is 0.251 e. The number of hydrogen-bond donors (Lipinski definition) is 2. The van der Waals surface area contributed by atoms with Gasteiger partial charge in [0.05, 0.1) is 5.56 Å². The molecule has 6 heteroatoms. The first-order valence-electron chi connectivity index (χ1n) is 6.36. The second-order valence-electron chi connectivity index (χ2n) is 4.97. The van der Waals surface area contributed by atoms with Crippen molar-refractivity contribution in [2.75, 3.05) is 0 Å². The Morgan fingerprint density at radius 3 is 2.45 bits per heavy atom. The number of halogens is 2. The lowest BCUT2D eigenvalue weighted by Gasteiger charge is -2.09. The van der Waals surface area contributed by atoms with Gasteiger partial charge in [-0.1, -0.05) is 19.9 Å². The van der Waals surface area contributed by atoms with Gasteiger partial charge in [-0.05, 0) is 18.4 Å². The molecule has 0 bridgehead atoms. The third-order valence-corrected chi connectivity index (χ3v) is 2.85. The molecule has 0 saturated carbocycles. The van der Waals surface area contributed by atoms with Gasteiger partial charge in [0.1, 0.15) is 0 Å². The second kappa shape index (κ2) is 6.98. The van der Waals surface area contributed by atoms with Gasteiger partial charge in [0, 0.05) is 18.5 Å². The Balaban J connectivity index is 2.68. The summed E-state index contributed by atoms with van der Waals surface area (Å²) in [7, 11) is 0. The number of amides is 2. The van der Waals surface area contributed by atoms with Crippen molar-refractivity contribution in [3.05, 3.63) is 34.9 Å². The van der Waals surface area contributed by atoms with Gasteiger partial charge in [-0.25, -0.2) is 8.78 Å². The molecule has 3 N–H and O–H groups in total. The maximum atomic E-state index is 13.7. The van der Waals surface area contributed by atoms with E-state index >= 15 is 0 Å². The Hall–Kier alpha value is -1.98. The highest BCUT2D eigenvalue weighted by molar-refractivity contribution is 5.93. The summed E-state index contributed by atoms with van der Waals surface area (Å²) in [4.78, 5) is 22.3. The lowest BCUT2D eigenvalue weighted by atomic mass is 10.1. The predicted octanol–water partition coefficient (Wildman–Crippen LogP) is 2.12. The summed E-state index contributed by atoms with van der Waals surface area (Å²) in [6, 6.07) is 2.34. The first-order chi connectivity index (χ1) is 9.32. The minimum atomic E-state index is -1.29. The van der Waals surface area contributed by atoms with E-state index in [2.05, 4.69) is 5.32 Å². The third-order valence-electron chi connectivity index (χ3n) is 2.85. The molecule has 0 aliphatic rings. The minimum absolute atomic E-state index is 0.0228. The first kappa shape index (κ1) is 16.1. The zero-order valence-electron chi connectivity index (χ0n) is 11.5. The fourth-order valence-corrected chi connectivity index (χ4v) is 1.62. The summed E-state index contributed by atoms with van der Waals surface area (Å²) in [5, 5.41) is 2.51. The second-order valence-corrected chi connectivity index (χ2v) is 4.97. The van der Waals surface area contributed by atoms with E-state index < -0.39 is 23.1 Å². The van der Waals surface area contributed by atoms with Gasteiger partial charge in [-0.15, -0.1) is 0 Å². The number of primary amides is 1. The molecule has 4 nitrogen and oxygen atoms in total. The van der Waals surface area contributed by atoms with Crippen molar-refractivity contribution < 1.29 is 18.4 Å². The number of carbonyl (C=O) groups excluding carboxylic acids is 2. The van der Waals surface area contributed by atoms with E-state index in [-0.39, 0.29) is 18.0 Å². The molecule has 1 aromatic carbocycles. The van der Waals surface area contributed by atoms with Crippen LogP contribution in [0.25, 0.3) is 0 Å². The zero-order chi connectivity index (χ0) is 15.3. The van der Waals surface area contributed by atoms with E-state index in [9.17, 15) is 18.4 Å². The molecule has 0 saturated heterocycles. The zero-order valence-corrected chi connectivity index (χ0v) is 11.5. The van der Waals surface area contributed by atoms with Gasteiger partial charge in [0.15, 0.2) is 11.6 Å². The Kier molecular flexibility index (Phi) is 5.61. The van der Waals surface area contributed by atoms with Crippen LogP contribution < -0.4 is 11.1 Å². The van der Waals surface area contributed by atoms with E-state index in [0.29, 0.717) is 12.3 Å². The number of benzene rings is 1. The fraction of sp³-hybridized carbons (Fsp3) is 0.429. The van der Waals surface area contributed by atoms with Crippen LogP contribution in [0.4, 0.5) is 8.78 Å². The highest BCUT2D eigenvalue weighted by Crippen LogP contribution is 2.16. The highest BCUT2D eigenvalue weighted by atomic mass is 19.2. The van der Waals surface area contributed by atoms with Gasteiger partial charge in [0.25, 0.3) is 5.91 Å². The molecular formula is C14H18F2N2O2. The molecule has 2 amide bonds. The molecule has 1 aromatic rings. The van der Waals surface area contributed by atoms with Crippen molar-refractivity contribution >= 4 is 11.8 Å². The molecule has 0 aromatic heterocycles. The van der Waals surface area contributed by atoms with Crippen LogP contribution in [-0.2, 0) is 11.3 Å². The number of nitrogens with one attached hydrogen (secondary N) is 1. The van der Waals surface area contributed by atoms with Crippen LogP contribution in [-0.4, -0.2) is 11.8 Å². The highest BCUT2D eigenvalue weighted by Gasteiger charge is 2.16. The van der Waals surface area contributed by atoms with Crippen molar-refractivity contribution in [2.24, 2.45) is 11.7 Å². The third kappa shape index (κ3) is 4.29. The average molecular weight is 284 g/mol. The lowest BCUT2D eigenvalue weighted by molar-refractivity contribution is -0.121. The number of hydrogen-bond acceptors (Lipinski definition) is 2. The summed E-state index contributed by atoms with van der Waals surface area (Å²) in [5.74, 6) is -3.31. The molecule has 0 radical (unpaired) electrons. The minimum Gasteiger partial charge on any atom is -0.366 e. The summed E-state index contributed by atoms with van der Waals surface area (Å²) in [6.07, 6.45) is 1.06. The predicted molar refractivity (Wildman–Crippen MR) is 70.8 cm³/mol. The molecule has 0 fully saturated rings. The lowest BCUT2D eigenvalue weighted by Crippen LogP contribution is -2.24. The quantitative estimate of drug-likeness (QED) is 0.839. The summed E-state index contributed by atoms with van der Waals surface area (Å²) in [5.41, 5.74) is 4.38. The van der Waals surface area contributed by atoms with Crippen molar-refractivity contribution in [1.29, 1.82) is 0 Å². The van der Waals surface area contributed by atoms with Crippen LogP contribution in [0, 0.1) is 17.6 Å². The monoisotopic (exact) mass is 284 g/mol. The molecule has 110 valence electrons. The van der Waals surface area contributed by atoms with E-state index in [1.165, 1.54) is 6.07 Å². The number of carbonyl (C=O) groups is 2. The van der Waals surface area contributed by atoms with Crippen LogP contribution in [0.5, 0.6) is 0 Å². The van der Waals surface area contributed by atoms with Crippen molar-refractivity contribution in [3.8, 4) is 0 Å². The molecular weight excluding hydrogens is 266 g/mol. The Labute approximate surface area is 116 Å². The summed E-state index contributed by atoms with van der Waals surface area (Å²) < 4.78 is 27.2. The molecule has 1 rings (SSSR count). The Morgan fingerprint density at radius 1 is 1.25 bits per heavy atom. The van der Waals surface area contributed by atoms with Crippen molar-refractivity contribution in [1.82, 2.24) is 5.32 Å². The van der Waals surface area contributed by atoms with Gasteiger partial charge in [-0.2, -0.15) is 0 Å². The Morgan fingerprint density at radius 2 is 1.90 bits per heavy atom. The average Bonchev–Trinajstić information content (AvgIpc) is 2.37. The normalized spacial score (nSPS) is 10.7. The van der Waals surface area contributed by atoms with Gasteiger partial charge >= 0.3 is 0 Å². The topological polar surface area (TPSA) is 72.2 Å². The summed E-state index contributed by atoms with van der Waals surface area (Å²) >= 11 is 0.